The first kappa shape index (κ1) is 23.9. The van der Waals surface area contributed by atoms with Gasteiger partial charge in [0.05, 0.1) is 15.7 Å². The highest BCUT2D eigenvalue weighted by Crippen LogP contribution is 2.55. The van der Waals surface area contributed by atoms with E-state index in [2.05, 4.69) is 68.1 Å². The van der Waals surface area contributed by atoms with Crippen LogP contribution in [0, 0.1) is 5.92 Å². The van der Waals surface area contributed by atoms with Crippen LogP contribution in [0.2, 0.25) is 5.21 Å². The SMILES string of the molecule is [B]C1([B])C=Cc2c3c(c4cc(N5CCCC(CO)C5)c(CC)cc4c2CC1)-c1ccccc1C3(C)C. The molecule has 1 unspecified atom stereocenters. The van der Waals surface area contributed by atoms with E-state index in [-0.39, 0.29) is 12.0 Å². The minimum Gasteiger partial charge on any atom is -0.396 e. The molecule has 1 heterocycles. The minimum atomic E-state index is -0.797. The number of fused-ring (bicyclic) bond motifs is 8. The number of nitrogens with zero attached hydrogens (tertiary/aromatic N) is 1. The molecular formula is C32H35B2NO. The van der Waals surface area contributed by atoms with Gasteiger partial charge in [-0.1, -0.05) is 68.8 Å². The Balaban J connectivity index is 1.69. The topological polar surface area (TPSA) is 23.5 Å². The lowest BCUT2D eigenvalue weighted by molar-refractivity contribution is 0.208. The van der Waals surface area contributed by atoms with Crippen molar-refractivity contribution in [2.24, 2.45) is 5.92 Å². The molecule has 3 aromatic rings. The molecule has 1 N–H and O–H groups in total. The Morgan fingerprint density at radius 3 is 2.69 bits per heavy atom. The molecule has 3 aliphatic rings. The quantitative estimate of drug-likeness (QED) is 0.452. The number of piperidine rings is 1. The summed E-state index contributed by atoms with van der Waals surface area (Å²) in [4.78, 5) is 2.53. The zero-order chi connectivity index (χ0) is 25.2. The molecule has 1 saturated heterocycles. The van der Waals surface area contributed by atoms with Crippen LogP contribution in [0.25, 0.3) is 28.0 Å². The van der Waals surface area contributed by atoms with Crippen LogP contribution in [0.5, 0.6) is 0 Å². The number of aliphatic hydroxyl groups excluding tert-OH is 1. The third-order valence-electron chi connectivity index (χ3n) is 9.02. The summed E-state index contributed by atoms with van der Waals surface area (Å²) in [5.41, 5.74) is 10.8. The standard InChI is InChI=1S/C32H35B2NO/c1-4-21-16-25-22-11-13-32(33,34)14-12-23(22)30-29(24-9-5-6-10-27(24)31(30,2)3)26(25)17-28(21)35-15-7-8-20(18-35)19-36/h5-6,9-10,12,14,16-17,20,36H,4,7-8,11,13,15,18-19H2,1-3H3. The summed E-state index contributed by atoms with van der Waals surface area (Å²) < 4.78 is 0. The smallest absolute Gasteiger partial charge is 0.0674 e. The van der Waals surface area contributed by atoms with Gasteiger partial charge in [-0.05, 0) is 93.5 Å². The fourth-order valence-corrected chi connectivity index (χ4v) is 7.09. The first-order chi connectivity index (χ1) is 17.2. The number of rotatable bonds is 3. The van der Waals surface area contributed by atoms with E-state index in [4.69, 9.17) is 15.7 Å². The van der Waals surface area contributed by atoms with Crippen molar-refractivity contribution in [1.29, 1.82) is 0 Å². The number of aryl methyl sites for hydroxylation is 2. The molecule has 1 aliphatic heterocycles. The monoisotopic (exact) mass is 471 g/mol. The second-order valence-corrected chi connectivity index (χ2v) is 11.8. The summed E-state index contributed by atoms with van der Waals surface area (Å²) in [5.74, 6) is 0.351. The molecule has 0 bridgehead atoms. The number of hydrogen-bond acceptors (Lipinski definition) is 2. The van der Waals surface area contributed by atoms with Crippen molar-refractivity contribution in [3.05, 3.63) is 70.3 Å². The second kappa shape index (κ2) is 8.55. The van der Waals surface area contributed by atoms with Crippen molar-refractivity contribution < 1.29 is 5.11 Å². The molecule has 180 valence electrons. The number of aliphatic hydroxyl groups is 1. The molecule has 3 aromatic carbocycles. The van der Waals surface area contributed by atoms with E-state index in [1.165, 1.54) is 55.4 Å². The summed E-state index contributed by atoms with van der Waals surface area (Å²) in [6.45, 7) is 9.22. The third-order valence-corrected chi connectivity index (χ3v) is 9.02. The lowest BCUT2D eigenvalue weighted by Gasteiger charge is -2.35. The maximum atomic E-state index is 9.90. The Bertz CT molecular complexity index is 1390. The van der Waals surface area contributed by atoms with Gasteiger partial charge in [-0.3, -0.25) is 0 Å². The van der Waals surface area contributed by atoms with Crippen molar-refractivity contribution in [3.63, 3.8) is 0 Å². The van der Waals surface area contributed by atoms with Crippen molar-refractivity contribution in [1.82, 2.24) is 0 Å². The Hall–Kier alpha value is -2.45. The fraction of sp³-hybridized carbons (Fsp3) is 0.438. The van der Waals surface area contributed by atoms with Crippen LogP contribution in [-0.2, 0) is 18.3 Å². The normalized spacial score (nSPS) is 21.7. The van der Waals surface area contributed by atoms with E-state index in [0.717, 1.165) is 45.2 Å². The minimum absolute atomic E-state index is 0.110. The lowest BCUT2D eigenvalue weighted by atomic mass is 9.52. The molecule has 6 rings (SSSR count). The summed E-state index contributed by atoms with van der Waals surface area (Å²) >= 11 is 0. The van der Waals surface area contributed by atoms with Gasteiger partial charge in [-0.25, -0.2) is 0 Å². The van der Waals surface area contributed by atoms with Crippen molar-refractivity contribution in [3.8, 4) is 11.1 Å². The lowest BCUT2D eigenvalue weighted by Crippen LogP contribution is -2.37. The first-order valence-electron chi connectivity index (χ1n) is 13.6. The molecule has 0 aromatic heterocycles. The Labute approximate surface area is 218 Å². The van der Waals surface area contributed by atoms with Crippen LogP contribution < -0.4 is 4.90 Å². The van der Waals surface area contributed by atoms with E-state index in [1.54, 1.807) is 0 Å². The van der Waals surface area contributed by atoms with Crippen LogP contribution in [0.1, 0.15) is 67.9 Å². The van der Waals surface area contributed by atoms with E-state index in [9.17, 15) is 5.11 Å². The van der Waals surface area contributed by atoms with Crippen LogP contribution in [-0.4, -0.2) is 40.5 Å². The molecule has 0 amide bonds. The van der Waals surface area contributed by atoms with E-state index >= 15 is 0 Å². The van der Waals surface area contributed by atoms with E-state index in [1.807, 2.05) is 6.08 Å². The van der Waals surface area contributed by atoms with Gasteiger partial charge in [0, 0.05) is 30.8 Å². The highest BCUT2D eigenvalue weighted by molar-refractivity contribution is 6.41. The van der Waals surface area contributed by atoms with Gasteiger partial charge in [-0.15, -0.1) is 0 Å². The maximum absolute atomic E-state index is 9.90. The average Bonchev–Trinajstić information content (AvgIpc) is 3.00. The Kier molecular flexibility index (Phi) is 5.68. The summed E-state index contributed by atoms with van der Waals surface area (Å²) in [6.07, 6.45) is 9.04. The van der Waals surface area contributed by atoms with Crippen LogP contribution in [0.4, 0.5) is 5.69 Å². The van der Waals surface area contributed by atoms with Crippen LogP contribution in [0.3, 0.4) is 0 Å². The predicted molar refractivity (Wildman–Crippen MR) is 154 cm³/mol. The molecule has 4 heteroatoms. The Morgan fingerprint density at radius 1 is 1.11 bits per heavy atom. The Morgan fingerprint density at radius 2 is 1.92 bits per heavy atom. The molecule has 4 radical (unpaired) electrons. The van der Waals surface area contributed by atoms with Gasteiger partial charge in [-0.2, -0.15) is 0 Å². The highest BCUT2D eigenvalue weighted by Gasteiger charge is 2.40. The zero-order valence-electron chi connectivity index (χ0n) is 21.9. The van der Waals surface area contributed by atoms with Crippen molar-refractivity contribution >= 4 is 38.2 Å². The van der Waals surface area contributed by atoms with Gasteiger partial charge in [0.1, 0.15) is 0 Å². The molecule has 2 aliphatic carbocycles. The van der Waals surface area contributed by atoms with Gasteiger partial charge in [0.15, 0.2) is 0 Å². The van der Waals surface area contributed by atoms with Crippen molar-refractivity contribution in [2.45, 2.75) is 63.5 Å². The highest BCUT2D eigenvalue weighted by atomic mass is 16.3. The molecule has 0 spiro atoms. The van der Waals surface area contributed by atoms with Crippen LogP contribution >= 0.6 is 0 Å². The van der Waals surface area contributed by atoms with E-state index < -0.39 is 5.21 Å². The summed E-state index contributed by atoms with van der Waals surface area (Å²) in [6, 6.07) is 13.8. The fourth-order valence-electron chi connectivity index (χ4n) is 7.09. The molecular weight excluding hydrogens is 436 g/mol. The van der Waals surface area contributed by atoms with Crippen molar-refractivity contribution in [2.75, 3.05) is 24.6 Å². The zero-order valence-corrected chi connectivity index (χ0v) is 21.9. The third kappa shape index (κ3) is 3.59. The van der Waals surface area contributed by atoms with Crippen LogP contribution in [0.15, 0.2) is 42.5 Å². The molecule has 0 saturated carbocycles. The second-order valence-electron chi connectivity index (χ2n) is 11.8. The van der Waals surface area contributed by atoms with Gasteiger partial charge < -0.3 is 10.0 Å². The average molecular weight is 471 g/mol. The number of anilines is 1. The summed E-state index contributed by atoms with van der Waals surface area (Å²) in [5, 5.41) is 11.8. The first-order valence-corrected chi connectivity index (χ1v) is 13.6. The molecule has 36 heavy (non-hydrogen) atoms. The molecule has 1 atom stereocenters. The largest absolute Gasteiger partial charge is 0.396 e. The van der Waals surface area contributed by atoms with E-state index in [0.29, 0.717) is 5.92 Å². The molecule has 2 nitrogen and oxygen atoms in total. The number of allylic oxidation sites excluding steroid dienone is 1. The molecule has 1 fully saturated rings. The van der Waals surface area contributed by atoms with Gasteiger partial charge in [0.2, 0.25) is 0 Å². The summed E-state index contributed by atoms with van der Waals surface area (Å²) in [7, 11) is 12.9. The number of hydrogen-bond donors (Lipinski definition) is 1. The number of benzene rings is 3. The predicted octanol–water partition coefficient (Wildman–Crippen LogP) is 6.33. The maximum Gasteiger partial charge on any atom is 0.0674 e. The van der Waals surface area contributed by atoms with Gasteiger partial charge >= 0.3 is 0 Å². The van der Waals surface area contributed by atoms with Gasteiger partial charge in [0.25, 0.3) is 0 Å².